The van der Waals surface area contributed by atoms with E-state index in [0.29, 0.717) is 5.92 Å². The average molecular weight is 386 g/mol. The third kappa shape index (κ3) is 9.22. The molecule has 0 saturated heterocycles. The van der Waals surface area contributed by atoms with Crippen molar-refractivity contribution in [3.63, 3.8) is 0 Å². The Morgan fingerprint density at radius 3 is 1.93 bits per heavy atom. The van der Waals surface area contributed by atoms with Crippen molar-refractivity contribution in [3.05, 3.63) is 36.2 Å². The zero-order valence-electron chi connectivity index (χ0n) is 17.9. The van der Waals surface area contributed by atoms with Gasteiger partial charge in [-0.15, -0.1) is 0 Å². The number of hydrogen-bond acceptors (Lipinski definition) is 1. The number of halogens is 1. The largest absolute Gasteiger partial charge is 0.199 e. The summed E-state index contributed by atoms with van der Waals surface area (Å²) in [4.78, 5) is 0. The number of allylic oxidation sites excluding steroid dienone is 6. The number of hydrogen-bond donors (Lipinski definition) is 0. The molecule has 0 amide bonds. The van der Waals surface area contributed by atoms with Gasteiger partial charge in [0.25, 0.3) is 0 Å². The molecule has 0 aromatic carbocycles. The number of rotatable bonds is 10. The topological polar surface area (TPSA) is 23.8 Å². The highest BCUT2D eigenvalue weighted by Crippen LogP contribution is 2.35. The van der Waals surface area contributed by atoms with E-state index >= 15 is 0 Å². The molecule has 0 bridgehead atoms. The minimum Gasteiger partial charge on any atom is -0.195 e. The number of unbranched alkanes of at least 4 members (excludes halogenated alkanes) is 4. The van der Waals surface area contributed by atoms with Crippen LogP contribution in [0.3, 0.4) is 0 Å². The molecule has 28 heavy (non-hydrogen) atoms. The number of nitrogens with zero attached hydrogens (tertiary/aromatic N) is 1. The third-order valence-corrected chi connectivity index (χ3v) is 6.81. The molecule has 0 unspecified atom stereocenters. The first-order valence-electron chi connectivity index (χ1n) is 11.8. The summed E-state index contributed by atoms with van der Waals surface area (Å²) in [5, 5.41) is 8.42. The highest BCUT2D eigenvalue weighted by Gasteiger charge is 2.21. The minimum absolute atomic E-state index is 0.542. The molecule has 2 heteroatoms. The van der Waals surface area contributed by atoms with Gasteiger partial charge < -0.3 is 0 Å². The molecule has 0 heterocycles. The second kappa shape index (κ2) is 13.8. The summed E-state index contributed by atoms with van der Waals surface area (Å²) < 4.78 is 12.8. The molecular formula is C26H40FN. The van der Waals surface area contributed by atoms with Gasteiger partial charge in [-0.3, -0.25) is 0 Å². The van der Waals surface area contributed by atoms with Crippen molar-refractivity contribution in [2.75, 3.05) is 0 Å². The molecule has 1 nitrogen and oxygen atoms in total. The Morgan fingerprint density at radius 2 is 1.36 bits per heavy atom. The monoisotopic (exact) mass is 385 g/mol. The Kier molecular flexibility index (Phi) is 11.3. The normalized spacial score (nSPS) is 29.4. The van der Waals surface area contributed by atoms with E-state index in [4.69, 9.17) is 5.26 Å². The SMILES string of the molecule is CCCCCCC[C@H]1CC[C@H](C=C[C@H]2CC[C@H](C=CC=C(F)C#N)CC2)CC1. The van der Waals surface area contributed by atoms with E-state index in [1.54, 1.807) is 6.08 Å². The molecule has 0 radical (unpaired) electrons. The van der Waals surface area contributed by atoms with Gasteiger partial charge in [0, 0.05) is 0 Å². The van der Waals surface area contributed by atoms with Crippen LogP contribution in [0, 0.1) is 35.0 Å². The molecule has 156 valence electrons. The van der Waals surface area contributed by atoms with Gasteiger partial charge in [-0.05, 0) is 81.1 Å². The molecule has 0 spiro atoms. The van der Waals surface area contributed by atoms with Crippen LogP contribution in [0.4, 0.5) is 4.39 Å². The minimum atomic E-state index is -0.709. The van der Waals surface area contributed by atoms with Crippen LogP contribution < -0.4 is 0 Å². The highest BCUT2D eigenvalue weighted by molar-refractivity contribution is 5.19. The standard InChI is InChI=1S/C26H40FN/c1-2-3-4-5-6-8-22-11-15-24(16-12-22)19-20-25-17-13-23(14-18-25)9-7-10-26(27)21-28/h7,9-10,19-20,22-25H,2-6,8,11-18H2,1H3/t22-,23-,24-,25-. The summed E-state index contributed by atoms with van der Waals surface area (Å²) >= 11 is 0. The smallest absolute Gasteiger partial charge is 0.195 e. The van der Waals surface area contributed by atoms with Gasteiger partial charge in [0.15, 0.2) is 5.83 Å². The zero-order chi connectivity index (χ0) is 20.0. The van der Waals surface area contributed by atoms with Gasteiger partial charge in [0.05, 0.1) is 0 Å². The first-order valence-corrected chi connectivity index (χ1v) is 11.8. The molecule has 0 aliphatic heterocycles. The summed E-state index contributed by atoms with van der Waals surface area (Å²) in [5.74, 6) is 2.37. The summed E-state index contributed by atoms with van der Waals surface area (Å²) in [7, 11) is 0. The Morgan fingerprint density at radius 1 is 0.821 bits per heavy atom. The van der Waals surface area contributed by atoms with E-state index in [9.17, 15) is 4.39 Å². The Labute approximate surface area is 172 Å². The number of nitriles is 1. The summed E-state index contributed by atoms with van der Waals surface area (Å²) in [5.41, 5.74) is 0. The maximum atomic E-state index is 12.8. The lowest BCUT2D eigenvalue weighted by Crippen LogP contribution is -2.14. The Balaban J connectivity index is 1.58. The quantitative estimate of drug-likeness (QED) is 0.160. The predicted octanol–water partition coefficient (Wildman–Crippen LogP) is 8.45. The Bertz CT molecular complexity index is 537. The van der Waals surface area contributed by atoms with E-state index in [1.807, 2.05) is 0 Å². The van der Waals surface area contributed by atoms with Crippen molar-refractivity contribution in [1.82, 2.24) is 0 Å². The molecule has 0 N–H and O–H groups in total. The van der Waals surface area contributed by atoms with Crippen LogP contribution in [0.25, 0.3) is 0 Å². The first-order chi connectivity index (χ1) is 13.7. The molecule has 2 aliphatic rings. The van der Waals surface area contributed by atoms with Crippen LogP contribution in [0.5, 0.6) is 0 Å². The molecule has 0 aromatic rings. The molecule has 0 atom stereocenters. The van der Waals surface area contributed by atoms with E-state index in [-0.39, 0.29) is 0 Å². The van der Waals surface area contributed by atoms with Gasteiger partial charge in [-0.2, -0.15) is 9.65 Å². The van der Waals surface area contributed by atoms with Crippen LogP contribution >= 0.6 is 0 Å². The lowest BCUT2D eigenvalue weighted by molar-refractivity contribution is 0.287. The van der Waals surface area contributed by atoms with E-state index in [0.717, 1.165) is 17.8 Å². The van der Waals surface area contributed by atoms with E-state index in [2.05, 4.69) is 25.2 Å². The fraction of sp³-hybridized carbons (Fsp3) is 0.731. The predicted molar refractivity (Wildman–Crippen MR) is 117 cm³/mol. The highest BCUT2D eigenvalue weighted by atomic mass is 19.1. The third-order valence-electron chi connectivity index (χ3n) is 6.81. The van der Waals surface area contributed by atoms with Crippen molar-refractivity contribution >= 4 is 0 Å². The van der Waals surface area contributed by atoms with Gasteiger partial charge in [-0.25, -0.2) is 0 Å². The lowest BCUT2D eigenvalue weighted by Gasteiger charge is -2.28. The summed E-state index contributed by atoms with van der Waals surface area (Å²) in [6.45, 7) is 2.29. The van der Waals surface area contributed by atoms with Crippen LogP contribution in [-0.2, 0) is 0 Å². The second-order valence-corrected chi connectivity index (χ2v) is 9.05. The van der Waals surface area contributed by atoms with Gasteiger partial charge in [-0.1, -0.05) is 69.8 Å². The maximum Gasteiger partial charge on any atom is 0.199 e. The second-order valence-electron chi connectivity index (χ2n) is 9.05. The van der Waals surface area contributed by atoms with Crippen molar-refractivity contribution in [2.45, 2.75) is 96.8 Å². The first kappa shape index (κ1) is 22.9. The van der Waals surface area contributed by atoms with Gasteiger partial charge >= 0.3 is 0 Å². The molecule has 0 aromatic heterocycles. The van der Waals surface area contributed by atoms with Crippen LogP contribution in [0.1, 0.15) is 96.8 Å². The van der Waals surface area contributed by atoms with Crippen molar-refractivity contribution in [2.24, 2.45) is 23.7 Å². The van der Waals surface area contributed by atoms with E-state index < -0.39 is 5.83 Å². The molecule has 2 saturated carbocycles. The van der Waals surface area contributed by atoms with Crippen molar-refractivity contribution in [1.29, 1.82) is 5.26 Å². The molecule has 2 rings (SSSR count). The Hall–Kier alpha value is -1.36. The zero-order valence-corrected chi connectivity index (χ0v) is 17.9. The van der Waals surface area contributed by atoms with Gasteiger partial charge in [0.1, 0.15) is 6.07 Å². The molecular weight excluding hydrogens is 345 g/mol. The van der Waals surface area contributed by atoms with Crippen molar-refractivity contribution < 1.29 is 4.39 Å². The fourth-order valence-corrected chi connectivity index (χ4v) is 4.88. The average Bonchev–Trinajstić information content (AvgIpc) is 2.73. The van der Waals surface area contributed by atoms with Crippen LogP contribution in [0.2, 0.25) is 0 Å². The van der Waals surface area contributed by atoms with E-state index in [1.165, 1.54) is 102 Å². The summed E-state index contributed by atoms with van der Waals surface area (Å²) in [6, 6.07) is 1.51. The van der Waals surface area contributed by atoms with Gasteiger partial charge in [0.2, 0.25) is 0 Å². The van der Waals surface area contributed by atoms with Crippen molar-refractivity contribution in [3.8, 4) is 6.07 Å². The molecule has 2 aliphatic carbocycles. The molecule has 2 fully saturated rings. The summed E-state index contributed by atoms with van der Waals surface area (Å²) in [6.07, 6.45) is 29.1. The fourth-order valence-electron chi connectivity index (χ4n) is 4.88. The van der Waals surface area contributed by atoms with Crippen LogP contribution in [0.15, 0.2) is 36.2 Å². The maximum absolute atomic E-state index is 12.8. The van der Waals surface area contributed by atoms with Crippen LogP contribution in [-0.4, -0.2) is 0 Å². The lowest BCUT2D eigenvalue weighted by atomic mass is 9.78.